The zero-order valence-electron chi connectivity index (χ0n) is 17.7. The van der Waals surface area contributed by atoms with Crippen LogP contribution in [0.4, 0.5) is 23.2 Å². The molecule has 1 saturated heterocycles. The molecule has 2 aromatic carbocycles. The molecule has 8 heteroatoms. The van der Waals surface area contributed by atoms with Crippen molar-refractivity contribution in [3.8, 4) is 0 Å². The van der Waals surface area contributed by atoms with Crippen LogP contribution in [0.2, 0.25) is 0 Å². The summed E-state index contributed by atoms with van der Waals surface area (Å²) in [5.41, 5.74) is 1.09. The summed E-state index contributed by atoms with van der Waals surface area (Å²) in [4.78, 5) is 17.1. The van der Waals surface area contributed by atoms with E-state index in [0.29, 0.717) is 12.3 Å². The summed E-state index contributed by atoms with van der Waals surface area (Å²) >= 11 is 0. The lowest BCUT2D eigenvalue weighted by molar-refractivity contribution is -0.201. The number of aromatic nitrogens is 1. The third kappa shape index (κ3) is 4.08. The minimum Gasteiger partial charge on any atom is -0.367 e. The first kappa shape index (κ1) is 21.8. The van der Waals surface area contributed by atoms with E-state index in [4.69, 9.17) is 4.74 Å². The second kappa shape index (κ2) is 8.09. The Morgan fingerprint density at radius 2 is 1.79 bits per heavy atom. The third-order valence-corrected chi connectivity index (χ3v) is 6.97. The molecule has 1 N–H and O–H groups in total. The zero-order valence-corrected chi connectivity index (χ0v) is 17.7. The van der Waals surface area contributed by atoms with Gasteiger partial charge < -0.3 is 10.1 Å². The Hall–Kier alpha value is -3.00. The number of nitrogens with zero attached hydrogens (tertiary/aromatic N) is 1. The van der Waals surface area contributed by atoms with E-state index in [1.165, 1.54) is 24.3 Å². The fraction of sp³-hybridized carbons (Fsp3) is 0.360. The Labute approximate surface area is 188 Å². The van der Waals surface area contributed by atoms with Crippen LogP contribution in [0.3, 0.4) is 0 Å². The number of pyridine rings is 1. The third-order valence-electron chi connectivity index (χ3n) is 6.97. The lowest BCUT2D eigenvalue weighted by atomic mass is 9.63. The maximum absolute atomic E-state index is 13.8. The van der Waals surface area contributed by atoms with Gasteiger partial charge in [-0.25, -0.2) is 4.39 Å². The van der Waals surface area contributed by atoms with Crippen LogP contribution in [0.5, 0.6) is 0 Å². The van der Waals surface area contributed by atoms with E-state index in [-0.39, 0.29) is 23.1 Å². The first-order chi connectivity index (χ1) is 15.7. The number of hydrogen-bond donors (Lipinski definition) is 1. The Kier molecular flexibility index (Phi) is 5.35. The van der Waals surface area contributed by atoms with Gasteiger partial charge in [0.25, 0.3) is 5.91 Å². The van der Waals surface area contributed by atoms with Gasteiger partial charge in [-0.3, -0.25) is 9.78 Å². The number of nitrogens with one attached hydrogen (secondary N) is 1. The van der Waals surface area contributed by atoms with E-state index >= 15 is 0 Å². The summed E-state index contributed by atoms with van der Waals surface area (Å²) in [5, 5.41) is 3.51. The molecule has 3 aromatic rings. The Morgan fingerprint density at radius 3 is 2.42 bits per heavy atom. The van der Waals surface area contributed by atoms with Gasteiger partial charge in [0.1, 0.15) is 11.9 Å². The number of fused-ring (bicyclic) bond motifs is 1. The Balaban J connectivity index is 1.26. The van der Waals surface area contributed by atoms with Crippen molar-refractivity contribution in [3.63, 3.8) is 0 Å². The normalized spacial score (nSPS) is 25.1. The molecule has 1 saturated carbocycles. The summed E-state index contributed by atoms with van der Waals surface area (Å²) in [6.07, 6.45) is -0.0797. The quantitative estimate of drug-likeness (QED) is 0.485. The first-order valence-corrected chi connectivity index (χ1v) is 10.9. The van der Waals surface area contributed by atoms with Gasteiger partial charge in [0, 0.05) is 22.7 Å². The van der Waals surface area contributed by atoms with E-state index in [2.05, 4.69) is 10.3 Å². The van der Waals surface area contributed by atoms with E-state index in [9.17, 15) is 22.4 Å². The van der Waals surface area contributed by atoms with Gasteiger partial charge in [0.2, 0.25) is 0 Å². The molecule has 33 heavy (non-hydrogen) atoms. The molecule has 1 unspecified atom stereocenters. The molecule has 172 valence electrons. The van der Waals surface area contributed by atoms with Crippen molar-refractivity contribution in [2.75, 3.05) is 11.9 Å². The monoisotopic (exact) mass is 458 g/mol. The lowest BCUT2D eigenvalue weighted by Crippen LogP contribution is -2.58. The van der Waals surface area contributed by atoms with Gasteiger partial charge in [-0.15, -0.1) is 0 Å². The number of benzene rings is 2. The van der Waals surface area contributed by atoms with Crippen molar-refractivity contribution in [3.05, 3.63) is 71.7 Å². The fourth-order valence-corrected chi connectivity index (χ4v) is 5.11. The maximum Gasteiger partial charge on any atom is 0.416 e. The van der Waals surface area contributed by atoms with Crippen molar-refractivity contribution in [2.24, 2.45) is 5.41 Å². The van der Waals surface area contributed by atoms with Crippen LogP contribution in [-0.2, 0) is 15.7 Å². The molecule has 4 nitrogen and oxygen atoms in total. The number of anilines is 1. The summed E-state index contributed by atoms with van der Waals surface area (Å²) in [7, 11) is 0. The molecule has 1 aromatic heterocycles. The molecule has 1 spiro atoms. The second-order valence-corrected chi connectivity index (χ2v) is 8.95. The van der Waals surface area contributed by atoms with Gasteiger partial charge in [0.15, 0.2) is 0 Å². The fourth-order valence-electron chi connectivity index (χ4n) is 5.11. The standard InChI is InChI=1S/C25H22F4N2O2/c26-17-3-6-21-20(13-17)19(9-12-30-21)15-7-10-24(11-8-15)14-33-22(24)23(32)31-18-4-1-16(2-5-18)25(27,28)29/h1-6,9,12-13,15,22H,7-8,10-11,14H2,(H,31,32). The molecule has 2 aliphatic rings. The molecule has 0 bridgehead atoms. The highest BCUT2D eigenvalue weighted by atomic mass is 19.4. The van der Waals surface area contributed by atoms with Crippen molar-refractivity contribution in [1.82, 2.24) is 4.98 Å². The minimum atomic E-state index is -4.42. The Morgan fingerprint density at radius 1 is 1.06 bits per heavy atom. The van der Waals surface area contributed by atoms with Crippen molar-refractivity contribution < 1.29 is 27.1 Å². The average Bonchev–Trinajstić information content (AvgIpc) is 2.78. The highest BCUT2D eigenvalue weighted by Gasteiger charge is 2.53. The van der Waals surface area contributed by atoms with E-state index in [1.807, 2.05) is 6.07 Å². The van der Waals surface area contributed by atoms with Crippen LogP contribution in [0, 0.1) is 11.2 Å². The zero-order chi connectivity index (χ0) is 23.2. The lowest BCUT2D eigenvalue weighted by Gasteiger charge is -2.51. The van der Waals surface area contributed by atoms with E-state index in [1.54, 1.807) is 12.3 Å². The summed E-state index contributed by atoms with van der Waals surface area (Å²) in [6, 6.07) is 10.9. The predicted molar refractivity (Wildman–Crippen MR) is 115 cm³/mol. The molecular weight excluding hydrogens is 436 g/mol. The first-order valence-electron chi connectivity index (χ1n) is 10.9. The topological polar surface area (TPSA) is 51.2 Å². The summed E-state index contributed by atoms with van der Waals surface area (Å²) < 4.78 is 57.7. The second-order valence-electron chi connectivity index (χ2n) is 8.95. The van der Waals surface area contributed by atoms with Crippen LogP contribution >= 0.6 is 0 Å². The van der Waals surface area contributed by atoms with Crippen LogP contribution in [0.1, 0.15) is 42.7 Å². The minimum absolute atomic E-state index is 0.238. The molecule has 2 heterocycles. The number of carbonyl (C=O) groups excluding carboxylic acids is 1. The van der Waals surface area contributed by atoms with Gasteiger partial charge in [-0.2, -0.15) is 13.2 Å². The molecule has 0 radical (unpaired) electrons. The van der Waals surface area contributed by atoms with Crippen molar-refractivity contribution >= 4 is 22.5 Å². The summed E-state index contributed by atoms with van der Waals surface area (Å²) in [5.74, 6) is -0.394. The van der Waals surface area contributed by atoms with Crippen molar-refractivity contribution in [2.45, 2.75) is 43.9 Å². The van der Waals surface area contributed by atoms with E-state index < -0.39 is 17.8 Å². The molecule has 1 aliphatic heterocycles. The molecule has 5 rings (SSSR count). The number of hydrogen-bond acceptors (Lipinski definition) is 3. The van der Waals surface area contributed by atoms with Crippen LogP contribution in [0.25, 0.3) is 10.9 Å². The van der Waals surface area contributed by atoms with Gasteiger partial charge in [0.05, 0.1) is 17.7 Å². The summed E-state index contributed by atoms with van der Waals surface area (Å²) in [6.45, 7) is 0.483. The van der Waals surface area contributed by atoms with Gasteiger partial charge in [-0.05, 0) is 85.7 Å². The average molecular weight is 458 g/mol. The van der Waals surface area contributed by atoms with Crippen molar-refractivity contribution in [1.29, 1.82) is 0 Å². The SMILES string of the molecule is O=C(Nc1ccc(C(F)(F)F)cc1)C1OCC12CCC(c1ccnc3ccc(F)cc13)CC2. The van der Waals surface area contributed by atoms with Gasteiger partial charge >= 0.3 is 6.18 Å². The molecular formula is C25H22F4N2O2. The molecule has 1 aliphatic carbocycles. The molecule has 1 amide bonds. The van der Waals surface area contributed by atoms with Crippen LogP contribution in [0.15, 0.2) is 54.7 Å². The predicted octanol–water partition coefficient (Wildman–Crippen LogP) is 6.07. The highest BCUT2D eigenvalue weighted by Crippen LogP contribution is 2.51. The highest BCUT2D eigenvalue weighted by molar-refractivity contribution is 5.95. The van der Waals surface area contributed by atoms with E-state index in [0.717, 1.165) is 54.3 Å². The molecule has 1 atom stereocenters. The largest absolute Gasteiger partial charge is 0.416 e. The number of rotatable bonds is 3. The van der Waals surface area contributed by atoms with Crippen LogP contribution < -0.4 is 5.32 Å². The number of carbonyl (C=O) groups is 1. The number of amides is 1. The number of halogens is 4. The van der Waals surface area contributed by atoms with Crippen LogP contribution in [-0.4, -0.2) is 23.6 Å². The van der Waals surface area contributed by atoms with Gasteiger partial charge in [-0.1, -0.05) is 0 Å². The maximum atomic E-state index is 13.8. The number of ether oxygens (including phenoxy) is 1. The number of alkyl halides is 3. The molecule has 2 fully saturated rings. The Bertz CT molecular complexity index is 1190. The smallest absolute Gasteiger partial charge is 0.367 e.